The van der Waals surface area contributed by atoms with Gasteiger partial charge in [-0.05, 0) is 60.5 Å². The number of carbonyl (C=O) groups is 2. The number of halogens is 1. The maximum Gasteiger partial charge on any atom is 0.336 e. The van der Waals surface area contributed by atoms with Crippen LogP contribution in [-0.2, 0) is 16.6 Å². The molecule has 0 saturated carbocycles. The average molecular weight is 562 g/mol. The number of aromatic carboxylic acids is 1. The first-order chi connectivity index (χ1) is 18.7. The molecule has 0 radical (unpaired) electrons. The van der Waals surface area contributed by atoms with Gasteiger partial charge < -0.3 is 5.11 Å². The molecule has 0 aliphatic rings. The van der Waals surface area contributed by atoms with E-state index in [1.165, 1.54) is 28.7 Å². The molecule has 39 heavy (non-hydrogen) atoms. The summed E-state index contributed by atoms with van der Waals surface area (Å²) >= 11 is 6.21. The van der Waals surface area contributed by atoms with Gasteiger partial charge in [-0.3, -0.25) is 9.10 Å². The molecule has 10 heteroatoms. The Kier molecular flexibility index (Phi) is 8.43. The Bertz CT molecular complexity index is 1640. The molecular formula is C29H24ClN3O5S. The minimum absolute atomic E-state index is 0.00440. The van der Waals surface area contributed by atoms with Crippen molar-refractivity contribution in [2.45, 2.75) is 18.4 Å². The number of nitrogens with one attached hydrogen (secondary N) is 1. The van der Waals surface area contributed by atoms with Crippen LogP contribution in [0, 0.1) is 6.92 Å². The predicted octanol–water partition coefficient (Wildman–Crippen LogP) is 5.51. The van der Waals surface area contributed by atoms with Crippen LogP contribution >= 0.6 is 11.6 Å². The van der Waals surface area contributed by atoms with E-state index >= 15 is 0 Å². The quantitative estimate of drug-likeness (QED) is 0.206. The zero-order valence-electron chi connectivity index (χ0n) is 20.8. The third-order valence-corrected chi connectivity index (χ3v) is 7.88. The summed E-state index contributed by atoms with van der Waals surface area (Å²) in [6, 6.07) is 25.9. The number of anilines is 1. The second kappa shape index (κ2) is 11.9. The summed E-state index contributed by atoms with van der Waals surface area (Å²) in [5.41, 5.74) is 4.90. The maximum atomic E-state index is 13.6. The summed E-state index contributed by atoms with van der Waals surface area (Å²) in [5.74, 6) is -1.61. The van der Waals surface area contributed by atoms with Crippen LogP contribution in [0.2, 0.25) is 5.02 Å². The molecule has 0 atom stereocenters. The van der Waals surface area contributed by atoms with Gasteiger partial charge in [-0.1, -0.05) is 66.2 Å². The number of carbonyl (C=O) groups excluding carboxylic acids is 1. The highest BCUT2D eigenvalue weighted by molar-refractivity contribution is 7.92. The number of hydrazone groups is 1. The number of carboxylic acid groups (broad SMARTS) is 1. The van der Waals surface area contributed by atoms with Crippen LogP contribution in [0.3, 0.4) is 0 Å². The first kappa shape index (κ1) is 27.6. The van der Waals surface area contributed by atoms with Gasteiger partial charge in [0, 0.05) is 16.1 Å². The predicted molar refractivity (Wildman–Crippen MR) is 151 cm³/mol. The zero-order valence-corrected chi connectivity index (χ0v) is 22.4. The van der Waals surface area contributed by atoms with Gasteiger partial charge in [0.15, 0.2) is 0 Å². The molecule has 0 saturated heterocycles. The Balaban J connectivity index is 1.55. The van der Waals surface area contributed by atoms with E-state index in [2.05, 4.69) is 10.5 Å². The number of hydrogen-bond donors (Lipinski definition) is 2. The van der Waals surface area contributed by atoms with Gasteiger partial charge >= 0.3 is 5.97 Å². The maximum absolute atomic E-state index is 13.6. The molecule has 198 valence electrons. The van der Waals surface area contributed by atoms with Crippen LogP contribution in [0.5, 0.6) is 0 Å². The SMILES string of the molecule is Cc1ccc(Cl)cc1N(Cc1ccc(C(=O)N/N=C\c2ccccc2C(=O)O)cc1)S(=O)(=O)c1ccccc1. The van der Waals surface area contributed by atoms with Crippen LogP contribution in [0.4, 0.5) is 5.69 Å². The molecule has 4 aromatic rings. The van der Waals surface area contributed by atoms with Crippen molar-refractivity contribution in [1.82, 2.24) is 5.43 Å². The minimum atomic E-state index is -3.93. The van der Waals surface area contributed by atoms with Gasteiger partial charge in [0.2, 0.25) is 0 Å². The summed E-state index contributed by atoms with van der Waals surface area (Å²) in [6.07, 6.45) is 1.26. The molecule has 4 aromatic carbocycles. The topological polar surface area (TPSA) is 116 Å². The lowest BCUT2D eigenvalue weighted by Gasteiger charge is -2.26. The monoisotopic (exact) mass is 561 g/mol. The number of benzene rings is 4. The van der Waals surface area contributed by atoms with Crippen LogP contribution in [0.1, 0.15) is 37.4 Å². The number of aryl methyl sites for hydroxylation is 1. The van der Waals surface area contributed by atoms with Crippen molar-refractivity contribution in [1.29, 1.82) is 0 Å². The number of amides is 1. The minimum Gasteiger partial charge on any atom is -0.478 e. The van der Waals surface area contributed by atoms with E-state index in [0.29, 0.717) is 27.4 Å². The van der Waals surface area contributed by atoms with Crippen molar-refractivity contribution in [3.63, 3.8) is 0 Å². The molecule has 0 heterocycles. The largest absolute Gasteiger partial charge is 0.478 e. The standard InChI is InChI=1S/C29H24ClN3O5S/c1-20-11-16-24(30)17-27(20)33(39(37,38)25-8-3-2-4-9-25)19-21-12-14-22(15-13-21)28(34)32-31-18-23-7-5-6-10-26(23)29(35)36/h2-18H,19H2,1H3,(H,32,34)(H,35,36)/b31-18-. The van der Waals surface area contributed by atoms with E-state index in [1.807, 2.05) is 6.92 Å². The highest BCUT2D eigenvalue weighted by Crippen LogP contribution is 2.31. The molecule has 0 aliphatic heterocycles. The van der Waals surface area contributed by atoms with Crippen LogP contribution < -0.4 is 9.73 Å². The highest BCUT2D eigenvalue weighted by atomic mass is 35.5. The summed E-state index contributed by atoms with van der Waals surface area (Å²) in [4.78, 5) is 24.0. The second-order valence-electron chi connectivity index (χ2n) is 8.54. The van der Waals surface area contributed by atoms with E-state index in [1.54, 1.807) is 78.9 Å². The summed E-state index contributed by atoms with van der Waals surface area (Å²) < 4.78 is 28.6. The number of nitrogens with zero attached hydrogens (tertiary/aromatic N) is 2. The van der Waals surface area contributed by atoms with Gasteiger partial charge in [0.05, 0.1) is 28.9 Å². The van der Waals surface area contributed by atoms with Crippen molar-refractivity contribution < 1.29 is 23.1 Å². The van der Waals surface area contributed by atoms with Gasteiger partial charge in [0.1, 0.15) is 0 Å². The van der Waals surface area contributed by atoms with Crippen LogP contribution in [0.15, 0.2) is 107 Å². The Hall–Kier alpha value is -4.47. The molecule has 0 fully saturated rings. The number of carboxylic acids is 1. The van der Waals surface area contributed by atoms with Crippen LogP contribution in [-0.4, -0.2) is 31.6 Å². The van der Waals surface area contributed by atoms with Crippen molar-refractivity contribution in [3.8, 4) is 0 Å². The molecule has 0 aromatic heterocycles. The Morgan fingerprint density at radius 3 is 2.31 bits per heavy atom. The van der Waals surface area contributed by atoms with Gasteiger partial charge in [0.25, 0.3) is 15.9 Å². The van der Waals surface area contributed by atoms with Crippen LogP contribution in [0.25, 0.3) is 0 Å². The lowest BCUT2D eigenvalue weighted by Crippen LogP contribution is -2.31. The normalized spacial score (nSPS) is 11.3. The van der Waals surface area contributed by atoms with Crippen molar-refractivity contribution >= 4 is 45.4 Å². The van der Waals surface area contributed by atoms with Gasteiger partial charge in [-0.15, -0.1) is 0 Å². The molecule has 8 nitrogen and oxygen atoms in total. The van der Waals surface area contributed by atoms with E-state index in [9.17, 15) is 23.1 Å². The fraction of sp³-hybridized carbons (Fsp3) is 0.0690. The fourth-order valence-electron chi connectivity index (χ4n) is 3.83. The van der Waals surface area contributed by atoms with Crippen molar-refractivity contribution in [2.24, 2.45) is 5.10 Å². The molecule has 4 rings (SSSR count). The fourth-order valence-corrected chi connectivity index (χ4v) is 5.52. The lowest BCUT2D eigenvalue weighted by atomic mass is 10.1. The van der Waals surface area contributed by atoms with Crippen molar-refractivity contribution in [3.05, 3.63) is 130 Å². The Labute approximate surface area is 231 Å². The summed E-state index contributed by atoms with van der Waals surface area (Å²) in [7, 11) is -3.93. The third-order valence-electron chi connectivity index (χ3n) is 5.87. The molecule has 0 aliphatic carbocycles. The summed E-state index contributed by atoms with van der Waals surface area (Å²) in [6.45, 7) is 1.81. The first-order valence-corrected chi connectivity index (χ1v) is 13.6. The number of sulfonamides is 1. The van der Waals surface area contributed by atoms with Gasteiger partial charge in [-0.25, -0.2) is 18.6 Å². The molecule has 0 spiro atoms. The van der Waals surface area contributed by atoms with E-state index < -0.39 is 21.9 Å². The van der Waals surface area contributed by atoms with E-state index in [4.69, 9.17) is 11.6 Å². The average Bonchev–Trinajstić information content (AvgIpc) is 2.94. The molecule has 0 unspecified atom stereocenters. The zero-order chi connectivity index (χ0) is 28.0. The first-order valence-electron chi connectivity index (χ1n) is 11.8. The summed E-state index contributed by atoms with van der Waals surface area (Å²) in [5, 5.41) is 13.5. The second-order valence-corrected chi connectivity index (χ2v) is 10.8. The number of hydrogen-bond acceptors (Lipinski definition) is 5. The van der Waals surface area contributed by atoms with Crippen molar-refractivity contribution in [2.75, 3.05) is 4.31 Å². The molecule has 2 N–H and O–H groups in total. The van der Waals surface area contributed by atoms with Gasteiger partial charge in [-0.2, -0.15) is 5.10 Å². The Morgan fingerprint density at radius 1 is 0.949 bits per heavy atom. The molecule has 1 amide bonds. The van der Waals surface area contributed by atoms with E-state index in [-0.39, 0.29) is 17.0 Å². The smallest absolute Gasteiger partial charge is 0.336 e. The highest BCUT2D eigenvalue weighted by Gasteiger charge is 2.26. The third kappa shape index (κ3) is 6.51. The Morgan fingerprint density at radius 2 is 1.62 bits per heavy atom. The van der Waals surface area contributed by atoms with E-state index in [0.717, 1.165) is 5.56 Å². The molecule has 0 bridgehead atoms. The number of rotatable bonds is 9. The molecular weight excluding hydrogens is 538 g/mol. The lowest BCUT2D eigenvalue weighted by molar-refractivity contribution is 0.0696.